The lowest BCUT2D eigenvalue weighted by molar-refractivity contribution is 0.00814. The van der Waals surface area contributed by atoms with Crippen LogP contribution >= 0.6 is 0 Å². The Balaban J connectivity index is 2.15. The predicted octanol–water partition coefficient (Wildman–Crippen LogP) is 2.51. The second kappa shape index (κ2) is 8.89. The standard InChI is InChI=1S/C15H32N2O/c1-13(2)15(12-16-14(3)4)18-11-10-17-8-6-5-7-9-17/h13-16H,5-12H2,1-4H3. The summed E-state index contributed by atoms with van der Waals surface area (Å²) in [4.78, 5) is 2.54. The van der Waals surface area contributed by atoms with Crippen molar-refractivity contribution in [2.45, 2.75) is 59.1 Å². The number of ether oxygens (including phenoxy) is 1. The maximum atomic E-state index is 6.05. The minimum Gasteiger partial charge on any atom is -0.375 e. The van der Waals surface area contributed by atoms with E-state index in [2.05, 4.69) is 37.9 Å². The third-order valence-electron chi connectivity index (χ3n) is 3.66. The van der Waals surface area contributed by atoms with Crippen LogP contribution in [0.4, 0.5) is 0 Å². The van der Waals surface area contributed by atoms with Gasteiger partial charge in [0.15, 0.2) is 0 Å². The van der Waals surface area contributed by atoms with Crippen LogP contribution in [0.2, 0.25) is 0 Å². The van der Waals surface area contributed by atoms with E-state index in [-0.39, 0.29) is 0 Å². The van der Waals surface area contributed by atoms with Crippen molar-refractivity contribution < 1.29 is 4.74 Å². The minimum absolute atomic E-state index is 0.345. The van der Waals surface area contributed by atoms with Gasteiger partial charge in [-0.2, -0.15) is 0 Å². The summed E-state index contributed by atoms with van der Waals surface area (Å²) in [6.07, 6.45) is 4.48. The van der Waals surface area contributed by atoms with E-state index < -0.39 is 0 Å². The van der Waals surface area contributed by atoms with Gasteiger partial charge in [0, 0.05) is 19.1 Å². The predicted molar refractivity (Wildman–Crippen MR) is 78.0 cm³/mol. The highest BCUT2D eigenvalue weighted by molar-refractivity contribution is 4.69. The second-order valence-corrected chi connectivity index (χ2v) is 6.12. The smallest absolute Gasteiger partial charge is 0.0723 e. The molecule has 0 aromatic rings. The van der Waals surface area contributed by atoms with E-state index in [9.17, 15) is 0 Å². The first-order chi connectivity index (χ1) is 8.59. The Morgan fingerprint density at radius 3 is 2.28 bits per heavy atom. The Morgan fingerprint density at radius 1 is 1.06 bits per heavy atom. The second-order valence-electron chi connectivity index (χ2n) is 6.12. The summed E-state index contributed by atoms with van der Waals surface area (Å²) in [7, 11) is 0. The minimum atomic E-state index is 0.345. The van der Waals surface area contributed by atoms with Crippen LogP contribution in [0.3, 0.4) is 0 Å². The molecule has 1 atom stereocenters. The van der Waals surface area contributed by atoms with Crippen LogP contribution in [-0.2, 0) is 4.74 Å². The number of hydrogen-bond donors (Lipinski definition) is 1. The van der Waals surface area contributed by atoms with Crippen molar-refractivity contribution in [3.63, 3.8) is 0 Å². The lowest BCUT2D eigenvalue weighted by Crippen LogP contribution is -2.39. The Morgan fingerprint density at radius 2 is 1.72 bits per heavy atom. The summed E-state index contributed by atoms with van der Waals surface area (Å²) in [5.41, 5.74) is 0. The molecule has 1 unspecified atom stereocenters. The number of piperidine rings is 1. The molecule has 108 valence electrons. The zero-order chi connectivity index (χ0) is 13.4. The average molecular weight is 256 g/mol. The average Bonchev–Trinajstić information content (AvgIpc) is 2.34. The zero-order valence-corrected chi connectivity index (χ0v) is 12.7. The van der Waals surface area contributed by atoms with Gasteiger partial charge in [0.25, 0.3) is 0 Å². The van der Waals surface area contributed by atoms with E-state index in [1.54, 1.807) is 0 Å². The van der Waals surface area contributed by atoms with E-state index in [4.69, 9.17) is 4.74 Å². The Kier molecular flexibility index (Phi) is 7.87. The van der Waals surface area contributed by atoms with E-state index in [1.165, 1.54) is 32.4 Å². The van der Waals surface area contributed by atoms with Crippen LogP contribution in [0.1, 0.15) is 47.0 Å². The largest absolute Gasteiger partial charge is 0.375 e. The fourth-order valence-corrected chi connectivity index (χ4v) is 2.36. The molecule has 3 heteroatoms. The molecule has 0 aromatic heterocycles. The molecule has 0 radical (unpaired) electrons. The number of rotatable bonds is 8. The topological polar surface area (TPSA) is 24.5 Å². The van der Waals surface area contributed by atoms with Gasteiger partial charge in [0.2, 0.25) is 0 Å². The monoisotopic (exact) mass is 256 g/mol. The van der Waals surface area contributed by atoms with Gasteiger partial charge in [-0.25, -0.2) is 0 Å². The highest BCUT2D eigenvalue weighted by Crippen LogP contribution is 2.09. The molecule has 1 aliphatic heterocycles. The lowest BCUT2D eigenvalue weighted by Gasteiger charge is -2.28. The summed E-state index contributed by atoms with van der Waals surface area (Å²) < 4.78 is 6.05. The van der Waals surface area contributed by atoms with Crippen LogP contribution in [-0.4, -0.2) is 49.8 Å². The highest BCUT2D eigenvalue weighted by atomic mass is 16.5. The van der Waals surface area contributed by atoms with Crippen molar-refractivity contribution in [3.05, 3.63) is 0 Å². The maximum Gasteiger partial charge on any atom is 0.0723 e. The van der Waals surface area contributed by atoms with Crippen molar-refractivity contribution in [2.75, 3.05) is 32.8 Å². The molecular weight excluding hydrogens is 224 g/mol. The Bertz CT molecular complexity index is 201. The summed E-state index contributed by atoms with van der Waals surface area (Å²) in [5.74, 6) is 0.581. The van der Waals surface area contributed by atoms with Crippen LogP contribution < -0.4 is 5.32 Å². The molecule has 0 aromatic carbocycles. The number of likely N-dealkylation sites (tertiary alicyclic amines) is 1. The molecule has 1 rings (SSSR count). The Hall–Kier alpha value is -0.120. The van der Waals surface area contributed by atoms with Crippen molar-refractivity contribution >= 4 is 0 Å². The molecule has 0 spiro atoms. The zero-order valence-electron chi connectivity index (χ0n) is 12.7. The van der Waals surface area contributed by atoms with Gasteiger partial charge < -0.3 is 15.0 Å². The first-order valence-corrected chi connectivity index (χ1v) is 7.67. The van der Waals surface area contributed by atoms with Crippen molar-refractivity contribution in [3.8, 4) is 0 Å². The molecule has 0 amide bonds. The van der Waals surface area contributed by atoms with E-state index in [0.29, 0.717) is 18.1 Å². The van der Waals surface area contributed by atoms with Crippen molar-refractivity contribution in [1.29, 1.82) is 0 Å². The third-order valence-corrected chi connectivity index (χ3v) is 3.66. The van der Waals surface area contributed by atoms with Gasteiger partial charge in [-0.05, 0) is 31.8 Å². The molecule has 0 aliphatic carbocycles. The van der Waals surface area contributed by atoms with Crippen LogP contribution in [0.15, 0.2) is 0 Å². The molecule has 1 N–H and O–H groups in total. The molecule has 1 fully saturated rings. The fourth-order valence-electron chi connectivity index (χ4n) is 2.36. The lowest BCUT2D eigenvalue weighted by atomic mass is 10.1. The summed E-state index contributed by atoms with van der Waals surface area (Å²) in [6.45, 7) is 14.3. The number of hydrogen-bond acceptors (Lipinski definition) is 3. The molecule has 0 bridgehead atoms. The highest BCUT2D eigenvalue weighted by Gasteiger charge is 2.15. The molecule has 1 heterocycles. The first-order valence-electron chi connectivity index (χ1n) is 7.67. The maximum absolute atomic E-state index is 6.05. The molecular formula is C15H32N2O. The quantitative estimate of drug-likeness (QED) is 0.722. The number of nitrogens with zero attached hydrogens (tertiary/aromatic N) is 1. The van der Waals surface area contributed by atoms with Crippen molar-refractivity contribution in [1.82, 2.24) is 10.2 Å². The molecule has 1 saturated heterocycles. The van der Waals surface area contributed by atoms with E-state index in [0.717, 1.165) is 19.7 Å². The van der Waals surface area contributed by atoms with E-state index >= 15 is 0 Å². The van der Waals surface area contributed by atoms with Gasteiger partial charge in [0.05, 0.1) is 12.7 Å². The summed E-state index contributed by atoms with van der Waals surface area (Å²) in [5, 5.41) is 3.48. The van der Waals surface area contributed by atoms with Gasteiger partial charge in [-0.1, -0.05) is 34.1 Å². The summed E-state index contributed by atoms with van der Waals surface area (Å²) in [6, 6.07) is 0.539. The molecule has 18 heavy (non-hydrogen) atoms. The van der Waals surface area contributed by atoms with Crippen LogP contribution in [0, 0.1) is 5.92 Å². The van der Waals surface area contributed by atoms with Crippen molar-refractivity contribution in [2.24, 2.45) is 5.92 Å². The van der Waals surface area contributed by atoms with E-state index in [1.807, 2.05) is 0 Å². The third kappa shape index (κ3) is 6.72. The number of nitrogens with one attached hydrogen (secondary N) is 1. The first kappa shape index (κ1) is 15.9. The SMILES string of the molecule is CC(C)NCC(OCCN1CCCCC1)C(C)C. The van der Waals surface area contributed by atoms with Gasteiger partial charge in [-0.3, -0.25) is 0 Å². The normalized spacial score (nSPS) is 19.7. The van der Waals surface area contributed by atoms with Gasteiger partial charge in [0.1, 0.15) is 0 Å². The molecule has 0 saturated carbocycles. The molecule has 3 nitrogen and oxygen atoms in total. The molecule has 1 aliphatic rings. The Labute approximate surface area is 113 Å². The van der Waals surface area contributed by atoms with Crippen LogP contribution in [0.5, 0.6) is 0 Å². The van der Waals surface area contributed by atoms with Crippen LogP contribution in [0.25, 0.3) is 0 Å². The van der Waals surface area contributed by atoms with Gasteiger partial charge >= 0.3 is 0 Å². The summed E-state index contributed by atoms with van der Waals surface area (Å²) >= 11 is 0. The van der Waals surface area contributed by atoms with Gasteiger partial charge in [-0.15, -0.1) is 0 Å². The fraction of sp³-hybridized carbons (Fsp3) is 1.00.